The average molecular weight is 1360 g/mol. The highest BCUT2D eigenvalue weighted by Gasteiger charge is 2.81. The van der Waals surface area contributed by atoms with Gasteiger partial charge in [0.2, 0.25) is 0 Å². The zero-order valence-corrected chi connectivity index (χ0v) is 55.8. The number of ketones is 4. The van der Waals surface area contributed by atoms with Gasteiger partial charge in [0.05, 0.1) is 31.5 Å². The van der Waals surface area contributed by atoms with E-state index in [9.17, 15) is 64.8 Å². The molecule has 13 rings (SSSR count). The van der Waals surface area contributed by atoms with Gasteiger partial charge in [-0.25, -0.2) is 22.4 Å². The number of methoxy groups -OCH3 is 1. The first-order valence-corrected chi connectivity index (χ1v) is 33.0. The Bertz CT molecular complexity index is 3990. The molecule has 0 spiro atoms. The van der Waals surface area contributed by atoms with E-state index in [-0.39, 0.29) is 61.2 Å². The summed E-state index contributed by atoms with van der Waals surface area (Å²) in [4.78, 5) is 61.8. The summed E-state index contributed by atoms with van der Waals surface area (Å²) in [6.45, 7) is 9.73. The van der Waals surface area contributed by atoms with Crippen molar-refractivity contribution in [2.75, 3.05) is 31.4 Å². The van der Waals surface area contributed by atoms with Crippen molar-refractivity contribution in [3.63, 3.8) is 0 Å². The largest absolute Gasteiger partial charge is 0.508 e. The molecule has 19 atom stereocenters. The van der Waals surface area contributed by atoms with Gasteiger partial charge in [-0.2, -0.15) is 0 Å². The molecule has 1 saturated heterocycles. The molecule has 1 unspecified atom stereocenters. The zero-order chi connectivity index (χ0) is 71.4. The second-order valence-corrected chi connectivity index (χ2v) is 29.8. The summed E-state index contributed by atoms with van der Waals surface area (Å²) in [5.74, 6) is -5.36. The highest BCUT2D eigenvalue weighted by molar-refractivity contribution is 6.02. The fourth-order valence-corrected chi connectivity index (χ4v) is 18.6. The minimum atomic E-state index is -2.37. The Morgan fingerprint density at radius 3 is 1.70 bits per heavy atom. The zero-order valence-electron chi connectivity index (χ0n) is 55.8. The van der Waals surface area contributed by atoms with E-state index in [0.717, 1.165) is 34.9 Å². The molecule has 1 aliphatic heterocycles. The van der Waals surface area contributed by atoms with Crippen LogP contribution in [0.5, 0.6) is 17.2 Å². The number of nitrogens with two attached hydrogens (primary N) is 1. The number of carbonyl (C=O) groups excluding carboxylic acids is 5. The number of benzene rings is 4. The van der Waals surface area contributed by atoms with E-state index in [1.807, 2.05) is 63.2 Å². The molecule has 8 aliphatic carbocycles. The van der Waals surface area contributed by atoms with Gasteiger partial charge in [-0.1, -0.05) is 68.5 Å². The van der Waals surface area contributed by atoms with E-state index >= 15 is 17.6 Å². The molecule has 9 aliphatic rings. The van der Waals surface area contributed by atoms with E-state index in [0.29, 0.717) is 41.1 Å². The number of hydrogen-bond acceptors (Lipinski definition) is 18. The summed E-state index contributed by atoms with van der Waals surface area (Å²) in [6.07, 6.45) is -3.66. The number of alkyl halides is 4. The van der Waals surface area contributed by atoms with Gasteiger partial charge in [0.1, 0.15) is 48.4 Å². The number of aliphatic hydroxyl groups excluding tert-OH is 5. The highest BCUT2D eigenvalue weighted by Crippen LogP contribution is 2.74. The van der Waals surface area contributed by atoms with Crippen molar-refractivity contribution in [3.05, 3.63) is 160 Å². The van der Waals surface area contributed by atoms with Gasteiger partial charge in [0, 0.05) is 69.3 Å². The number of phenols is 2. The van der Waals surface area contributed by atoms with E-state index in [4.69, 9.17) is 24.7 Å². The third-order valence-electron chi connectivity index (χ3n) is 23.3. The molecule has 526 valence electrons. The molecule has 4 aromatic carbocycles. The smallest absolute Gasteiger partial charge is 0.412 e. The summed E-state index contributed by atoms with van der Waals surface area (Å²) in [6, 6.07) is 24.9. The van der Waals surface area contributed by atoms with Crippen LogP contribution in [0.2, 0.25) is 0 Å². The minimum absolute atomic E-state index is 0.00609. The number of Topliss-reactive ketones (excluding diaryl/α,β-unsaturated/α-hetero) is 2. The minimum Gasteiger partial charge on any atom is -0.508 e. The molecule has 6 saturated carbocycles. The van der Waals surface area contributed by atoms with Crippen LogP contribution in [0.3, 0.4) is 0 Å². The molecule has 98 heavy (non-hydrogen) atoms. The van der Waals surface area contributed by atoms with Crippen molar-refractivity contribution in [2.24, 2.45) is 45.3 Å². The number of ether oxygens (including phenoxy) is 4. The molecule has 4 aromatic rings. The molecular formula is C75H86F4N2O17. The predicted molar refractivity (Wildman–Crippen MR) is 350 cm³/mol. The first-order valence-electron chi connectivity index (χ1n) is 33.0. The van der Waals surface area contributed by atoms with Gasteiger partial charge in [-0.15, -0.1) is 0 Å². The predicted octanol–water partition coefficient (Wildman–Crippen LogP) is 9.12. The number of anilines is 2. The monoisotopic (exact) mass is 1360 g/mol. The molecule has 1 amide bonds. The van der Waals surface area contributed by atoms with Crippen molar-refractivity contribution in [1.82, 2.24) is 0 Å². The van der Waals surface area contributed by atoms with Crippen molar-refractivity contribution < 1.29 is 101 Å². The number of rotatable bonds is 11. The van der Waals surface area contributed by atoms with Gasteiger partial charge >= 0.3 is 6.09 Å². The Morgan fingerprint density at radius 1 is 0.663 bits per heavy atom. The van der Waals surface area contributed by atoms with Crippen LogP contribution in [-0.4, -0.2) is 155 Å². The topological polar surface area (TPSA) is 322 Å². The van der Waals surface area contributed by atoms with Gasteiger partial charge in [0.25, 0.3) is 0 Å². The van der Waals surface area contributed by atoms with Crippen molar-refractivity contribution in [3.8, 4) is 17.2 Å². The van der Waals surface area contributed by atoms with Crippen LogP contribution in [0, 0.1) is 45.3 Å². The lowest BCUT2D eigenvalue weighted by atomic mass is 9.44. The lowest BCUT2D eigenvalue weighted by molar-refractivity contribution is -0.235. The molecule has 0 radical (unpaired) electrons. The van der Waals surface area contributed by atoms with Crippen LogP contribution in [-0.2, 0) is 46.2 Å². The maximum Gasteiger partial charge on any atom is 0.412 e. The Balaban J connectivity index is 0.000000159. The molecule has 7 fully saturated rings. The van der Waals surface area contributed by atoms with Crippen LogP contribution in [0.25, 0.3) is 0 Å². The Kier molecular flexibility index (Phi) is 18.7. The number of hydrogen-bond donors (Lipinski definition) is 10. The number of nitrogen functional groups attached to an aromatic ring is 1. The number of halogens is 4. The number of amides is 1. The van der Waals surface area contributed by atoms with Gasteiger partial charge < -0.3 is 65.5 Å². The summed E-state index contributed by atoms with van der Waals surface area (Å²) in [5.41, 5.74) is -4.26. The Hall–Kier alpha value is -7.61. The normalized spacial score (nSPS) is 37.7. The van der Waals surface area contributed by atoms with E-state index in [1.54, 1.807) is 50.4 Å². The SMILES string of the molecule is COc1ccc(Cc2cccc(NC(=O)OC(C)(C)C)c2)c(O)c1.C[C@]12C=CC(=O)C=C1[C@@H](F)C[C@H]1[C@@H]3C[C@@H](O)[C@](O)(C(=O)CO)[C@@]3(C)C[C@H](O)[C@@]12F.C[C@]12C=CC(=O)C=C1[C@@H](F)C[C@H]1[C@@H]3C[C@H]4OC(c5ccc(Cc6cccc(N)c6)c(O)c5)O[C@@]4(C(=O)CO)[C@@]3(C)C[C@H](O)[C@@]12F. The Labute approximate surface area is 565 Å². The average Bonchev–Trinajstić information content (AvgIpc) is 1.34. The molecule has 11 N–H and O–H groups in total. The number of fused-ring (bicyclic) bond motifs is 12. The lowest BCUT2D eigenvalue weighted by Crippen LogP contribution is -2.70. The summed E-state index contributed by atoms with van der Waals surface area (Å²) in [7, 11) is 1.56. The molecule has 1 heterocycles. The second-order valence-electron chi connectivity index (χ2n) is 29.8. The van der Waals surface area contributed by atoms with Gasteiger partial charge in [-0.3, -0.25) is 24.5 Å². The molecule has 19 nitrogen and oxygen atoms in total. The fourth-order valence-electron chi connectivity index (χ4n) is 18.6. The van der Waals surface area contributed by atoms with E-state index < -0.39 is 159 Å². The molecule has 0 aromatic heterocycles. The number of allylic oxidation sites excluding steroid dienone is 8. The first kappa shape index (κ1) is 71.7. The number of phenolic OH excluding ortho intramolecular Hbond substituents is 2. The standard InChI is InChI=1S/C35H37F2NO7.C21H26F2O6.C19H23NO4/c1-32-9-8-22(40)13-25(32)26(36)14-24-23-15-30-35(29(43)17-39,33(23,2)16-28(42)34(24,32)37)45-31(44-30)20-7-6-19(27(41)12-20)10-18-4-3-5-21(38)11-18;1-18-4-3-10(25)5-13(18)14(22)6-12-11-7-15(26)21(29,17(28)9-24)19(11,2)8-16(27)20(12,18)23;1-19(2,3)24-18(22)20-15-7-5-6-13(11-15)10-14-8-9-16(23-4)12-17(14)21/h3-9,11-13,23-24,26,28,30-31,39,41-42H,10,14-17,38H2,1-2H3;3-5,11-12,14-16,24,26-27,29H,6-9H2,1-2H3;5-9,11-12,21H,10H2,1-4H3,(H,20,22)/t23-,24-,26-,28-,30+,31?,32-,33-,34-,35+;11-,12-,14-,15+,16-,18-,19-,20-,21-;/m00./s1. The maximum atomic E-state index is 17.6. The van der Waals surface area contributed by atoms with Crippen LogP contribution < -0.4 is 15.8 Å². The summed E-state index contributed by atoms with van der Waals surface area (Å²) < 4.78 is 88.5. The third kappa shape index (κ3) is 11.3. The van der Waals surface area contributed by atoms with Crippen molar-refractivity contribution in [1.29, 1.82) is 0 Å². The van der Waals surface area contributed by atoms with Gasteiger partial charge in [-0.05, 0) is 179 Å². The quantitative estimate of drug-likeness (QED) is 0.0494. The van der Waals surface area contributed by atoms with E-state index in [2.05, 4.69) is 5.32 Å². The molecular weight excluding hydrogens is 1280 g/mol. The van der Waals surface area contributed by atoms with Gasteiger partial charge in [0.15, 0.2) is 52.0 Å². The number of carbonyl (C=O) groups is 5. The molecule has 0 bridgehead atoms. The lowest BCUT2D eigenvalue weighted by Gasteiger charge is -2.63. The number of aromatic hydroxyl groups is 2. The maximum absolute atomic E-state index is 17.6. The first-order chi connectivity index (χ1) is 45.9. The fraction of sp³-hybridized carbons (Fsp3) is 0.507. The van der Waals surface area contributed by atoms with Crippen LogP contribution in [0.4, 0.5) is 33.7 Å². The van der Waals surface area contributed by atoms with Crippen molar-refractivity contribution in [2.45, 2.75) is 171 Å². The van der Waals surface area contributed by atoms with Crippen LogP contribution >= 0.6 is 0 Å². The third-order valence-corrected chi connectivity index (χ3v) is 23.3. The summed E-state index contributed by atoms with van der Waals surface area (Å²) in [5, 5.41) is 87.5. The molecule has 23 heteroatoms. The Morgan fingerprint density at radius 2 is 1.18 bits per heavy atom. The summed E-state index contributed by atoms with van der Waals surface area (Å²) >= 11 is 0. The number of nitrogens with one attached hydrogen (secondary N) is 1. The van der Waals surface area contributed by atoms with Crippen LogP contribution in [0.15, 0.2) is 133 Å². The number of aliphatic hydroxyl groups is 6. The van der Waals surface area contributed by atoms with Crippen LogP contribution in [0.1, 0.15) is 121 Å². The highest BCUT2D eigenvalue weighted by atomic mass is 19.2. The van der Waals surface area contributed by atoms with Crippen molar-refractivity contribution >= 4 is 40.6 Å². The second kappa shape index (κ2) is 25.5. The van der Waals surface area contributed by atoms with E-state index in [1.165, 1.54) is 45.1 Å².